The van der Waals surface area contributed by atoms with Gasteiger partial charge in [0.15, 0.2) is 5.13 Å². The van der Waals surface area contributed by atoms with E-state index in [0.717, 1.165) is 42.8 Å². The summed E-state index contributed by atoms with van der Waals surface area (Å²) in [6.45, 7) is 3.77. The Morgan fingerprint density at radius 1 is 1.30 bits per heavy atom. The predicted molar refractivity (Wildman–Crippen MR) is 113 cm³/mol. The fraction of sp³-hybridized carbons (Fsp3) is 0.571. The van der Waals surface area contributed by atoms with Crippen LogP contribution in [0.15, 0.2) is 29.6 Å². The van der Waals surface area contributed by atoms with Crippen LogP contribution in [0.2, 0.25) is 5.02 Å². The van der Waals surface area contributed by atoms with Crippen molar-refractivity contribution in [3.05, 3.63) is 45.9 Å². The molecule has 4 rings (SSSR count). The van der Waals surface area contributed by atoms with Gasteiger partial charge in [0.05, 0.1) is 5.69 Å². The molecule has 1 unspecified atom stereocenters. The second-order valence-electron chi connectivity index (χ2n) is 7.73. The van der Waals surface area contributed by atoms with E-state index in [1.165, 1.54) is 37.1 Å². The monoisotopic (exact) mass is 405 g/mol. The average molecular weight is 406 g/mol. The van der Waals surface area contributed by atoms with Crippen molar-refractivity contribution in [3.8, 4) is 0 Å². The van der Waals surface area contributed by atoms with E-state index in [4.69, 9.17) is 21.3 Å². The lowest BCUT2D eigenvalue weighted by Crippen LogP contribution is -2.35. The predicted octanol–water partition coefficient (Wildman–Crippen LogP) is 4.79. The standard InChI is InChI=1S/C21H28ClN3OS/c1-25-12-2-3-18(25)8-11-23-20-24-19(15-27-20)21(9-13-26-14-10-21)16-4-6-17(22)7-5-16/h4-7,15,18H,2-3,8-14H2,1H3,(H,23,24). The molecule has 0 spiro atoms. The summed E-state index contributed by atoms with van der Waals surface area (Å²) in [6.07, 6.45) is 5.76. The van der Waals surface area contributed by atoms with Crippen LogP contribution in [-0.2, 0) is 10.2 Å². The Balaban J connectivity index is 1.47. The summed E-state index contributed by atoms with van der Waals surface area (Å²) in [4.78, 5) is 7.47. The van der Waals surface area contributed by atoms with Crippen LogP contribution in [0, 0.1) is 0 Å². The van der Waals surface area contributed by atoms with E-state index in [2.05, 4.69) is 34.8 Å². The molecule has 1 N–H and O–H groups in total. The Labute approximate surface area is 170 Å². The second-order valence-corrected chi connectivity index (χ2v) is 9.03. The van der Waals surface area contributed by atoms with Gasteiger partial charge in [0, 0.05) is 41.6 Å². The number of hydrogen-bond acceptors (Lipinski definition) is 5. The van der Waals surface area contributed by atoms with Crippen LogP contribution in [0.4, 0.5) is 5.13 Å². The van der Waals surface area contributed by atoms with E-state index in [1.807, 2.05) is 12.1 Å². The fourth-order valence-electron chi connectivity index (χ4n) is 4.45. The molecular formula is C21H28ClN3OS. The molecule has 0 amide bonds. The number of nitrogens with one attached hydrogen (secondary N) is 1. The number of rotatable bonds is 6. The quantitative estimate of drug-likeness (QED) is 0.749. The van der Waals surface area contributed by atoms with Gasteiger partial charge in [-0.1, -0.05) is 23.7 Å². The number of ether oxygens (including phenoxy) is 1. The normalized spacial score (nSPS) is 22.8. The number of benzene rings is 1. The molecule has 2 aliphatic heterocycles. The zero-order chi connectivity index (χ0) is 18.7. The van der Waals surface area contributed by atoms with E-state index in [0.29, 0.717) is 6.04 Å². The van der Waals surface area contributed by atoms with Gasteiger partial charge in [0.25, 0.3) is 0 Å². The Morgan fingerprint density at radius 3 is 2.78 bits per heavy atom. The Hall–Kier alpha value is -1.14. The maximum absolute atomic E-state index is 6.12. The van der Waals surface area contributed by atoms with E-state index in [-0.39, 0.29) is 5.41 Å². The minimum atomic E-state index is -0.0645. The van der Waals surface area contributed by atoms with Crippen LogP contribution in [0.25, 0.3) is 0 Å². The highest BCUT2D eigenvalue weighted by Crippen LogP contribution is 2.42. The van der Waals surface area contributed by atoms with Crippen molar-refractivity contribution in [2.75, 3.05) is 38.7 Å². The lowest BCUT2D eigenvalue weighted by molar-refractivity contribution is 0.0620. The van der Waals surface area contributed by atoms with Crippen molar-refractivity contribution in [1.82, 2.24) is 9.88 Å². The van der Waals surface area contributed by atoms with E-state index >= 15 is 0 Å². The highest BCUT2D eigenvalue weighted by atomic mass is 35.5. The molecule has 4 nitrogen and oxygen atoms in total. The van der Waals surface area contributed by atoms with Crippen molar-refractivity contribution in [2.24, 2.45) is 0 Å². The molecule has 0 aliphatic carbocycles. The summed E-state index contributed by atoms with van der Waals surface area (Å²) in [7, 11) is 2.24. The molecule has 0 bridgehead atoms. The number of likely N-dealkylation sites (tertiary alicyclic amines) is 1. The molecule has 1 atom stereocenters. The van der Waals surface area contributed by atoms with Gasteiger partial charge < -0.3 is 15.0 Å². The summed E-state index contributed by atoms with van der Waals surface area (Å²) < 4.78 is 5.66. The van der Waals surface area contributed by atoms with E-state index in [9.17, 15) is 0 Å². The van der Waals surface area contributed by atoms with Crippen LogP contribution >= 0.6 is 22.9 Å². The number of anilines is 1. The first kappa shape index (κ1) is 19.2. The van der Waals surface area contributed by atoms with Crippen LogP contribution in [0.5, 0.6) is 0 Å². The third-order valence-corrected chi connectivity index (χ3v) is 7.21. The molecular weight excluding hydrogens is 378 g/mol. The van der Waals surface area contributed by atoms with Crippen LogP contribution < -0.4 is 5.32 Å². The second kappa shape index (κ2) is 8.48. The maximum Gasteiger partial charge on any atom is 0.182 e. The molecule has 2 fully saturated rings. The van der Waals surface area contributed by atoms with Gasteiger partial charge in [0.2, 0.25) is 0 Å². The molecule has 3 heterocycles. The summed E-state index contributed by atoms with van der Waals surface area (Å²) in [5, 5.41) is 7.59. The number of thiazole rings is 1. The third-order valence-electron chi connectivity index (χ3n) is 6.16. The van der Waals surface area contributed by atoms with Gasteiger partial charge >= 0.3 is 0 Å². The van der Waals surface area contributed by atoms with Crippen LogP contribution in [0.1, 0.15) is 43.4 Å². The van der Waals surface area contributed by atoms with Gasteiger partial charge in [-0.05, 0) is 63.4 Å². The first-order valence-electron chi connectivity index (χ1n) is 9.91. The third kappa shape index (κ3) is 4.16. The Morgan fingerprint density at radius 2 is 2.07 bits per heavy atom. The van der Waals surface area contributed by atoms with Gasteiger partial charge in [-0.2, -0.15) is 0 Å². The highest BCUT2D eigenvalue weighted by Gasteiger charge is 2.38. The molecule has 2 saturated heterocycles. The van der Waals surface area contributed by atoms with Gasteiger partial charge in [-0.3, -0.25) is 0 Å². The molecule has 6 heteroatoms. The molecule has 2 aliphatic rings. The number of aromatic nitrogens is 1. The van der Waals surface area contributed by atoms with Crippen molar-refractivity contribution in [3.63, 3.8) is 0 Å². The fourth-order valence-corrected chi connectivity index (χ4v) is 5.41. The first-order valence-corrected chi connectivity index (χ1v) is 11.2. The maximum atomic E-state index is 6.12. The number of nitrogens with zero attached hydrogens (tertiary/aromatic N) is 2. The van der Waals surface area contributed by atoms with Gasteiger partial charge in [-0.25, -0.2) is 4.98 Å². The molecule has 0 saturated carbocycles. The lowest BCUT2D eigenvalue weighted by Gasteiger charge is -2.36. The molecule has 0 radical (unpaired) electrons. The smallest absolute Gasteiger partial charge is 0.182 e. The van der Waals surface area contributed by atoms with Crippen molar-refractivity contribution in [1.29, 1.82) is 0 Å². The zero-order valence-corrected chi connectivity index (χ0v) is 17.5. The van der Waals surface area contributed by atoms with Crippen LogP contribution in [0.3, 0.4) is 0 Å². The topological polar surface area (TPSA) is 37.4 Å². The molecule has 27 heavy (non-hydrogen) atoms. The van der Waals surface area contributed by atoms with Crippen LogP contribution in [-0.4, -0.2) is 49.3 Å². The largest absolute Gasteiger partial charge is 0.381 e. The average Bonchev–Trinajstić information content (AvgIpc) is 3.33. The number of hydrogen-bond donors (Lipinski definition) is 1. The summed E-state index contributed by atoms with van der Waals surface area (Å²) in [5.74, 6) is 0. The molecule has 2 aromatic rings. The minimum Gasteiger partial charge on any atom is -0.381 e. The lowest BCUT2D eigenvalue weighted by atomic mass is 9.72. The Bertz CT molecular complexity index is 742. The van der Waals surface area contributed by atoms with Gasteiger partial charge in [0.1, 0.15) is 0 Å². The van der Waals surface area contributed by atoms with Crippen molar-refractivity contribution < 1.29 is 4.74 Å². The molecule has 146 valence electrons. The van der Waals surface area contributed by atoms with Crippen molar-refractivity contribution >= 4 is 28.1 Å². The first-order chi connectivity index (χ1) is 13.2. The summed E-state index contributed by atoms with van der Waals surface area (Å²) in [5.41, 5.74) is 2.39. The van der Waals surface area contributed by atoms with E-state index < -0.39 is 0 Å². The highest BCUT2D eigenvalue weighted by molar-refractivity contribution is 7.13. The van der Waals surface area contributed by atoms with E-state index in [1.54, 1.807) is 11.3 Å². The summed E-state index contributed by atoms with van der Waals surface area (Å²) >= 11 is 7.84. The van der Waals surface area contributed by atoms with Gasteiger partial charge in [-0.15, -0.1) is 11.3 Å². The SMILES string of the molecule is CN1CCCC1CCNc1nc(C2(c3ccc(Cl)cc3)CCOCC2)cs1. The number of halogens is 1. The zero-order valence-electron chi connectivity index (χ0n) is 15.9. The molecule has 1 aromatic heterocycles. The van der Waals surface area contributed by atoms with Crippen molar-refractivity contribution in [2.45, 2.75) is 43.6 Å². The Kier molecular flexibility index (Phi) is 6.02. The summed E-state index contributed by atoms with van der Waals surface area (Å²) in [6, 6.07) is 8.98. The minimum absolute atomic E-state index is 0.0645. The molecule has 1 aromatic carbocycles.